The van der Waals surface area contributed by atoms with E-state index in [1.165, 1.54) is 16.7 Å². The average Bonchev–Trinajstić information content (AvgIpc) is 2.87. The van der Waals surface area contributed by atoms with Gasteiger partial charge in [-0.3, -0.25) is 0 Å². The van der Waals surface area contributed by atoms with Crippen molar-refractivity contribution in [2.75, 3.05) is 11.9 Å². The number of nitrogens with one attached hydrogen (secondary N) is 1. The number of phenols is 1. The van der Waals surface area contributed by atoms with E-state index in [9.17, 15) is 5.11 Å². The van der Waals surface area contributed by atoms with E-state index in [-0.39, 0.29) is 6.61 Å². The summed E-state index contributed by atoms with van der Waals surface area (Å²) in [6.07, 6.45) is 3.77. The summed E-state index contributed by atoms with van der Waals surface area (Å²) in [7, 11) is 0. The smallest absolute Gasteiger partial charge is 0.115 e. The number of aliphatic hydroxyl groups is 1. The highest BCUT2D eigenvalue weighted by atomic mass is 16.3. The molecular weight excluding hydrogens is 262 g/mol. The number of fused-ring (bicyclic) bond motifs is 1. The van der Waals surface area contributed by atoms with Crippen LogP contribution in [0.5, 0.6) is 5.75 Å². The standard InChI is InChI=1S/C18H21NO2/c20-10-2-4-13-3-1-5-15(11-13)19-18-9-6-14-12-16(21)7-8-17(14)18/h1,3,5,7-8,11-12,18-21H,2,4,6,9-10H2. The lowest BCUT2D eigenvalue weighted by atomic mass is 10.1. The SMILES string of the molecule is OCCCc1cccc(NC2CCc3cc(O)ccc32)c1. The van der Waals surface area contributed by atoms with Gasteiger partial charge in [0.05, 0.1) is 6.04 Å². The maximum Gasteiger partial charge on any atom is 0.115 e. The Morgan fingerprint density at radius 2 is 2.05 bits per heavy atom. The lowest BCUT2D eigenvalue weighted by molar-refractivity contribution is 0.288. The summed E-state index contributed by atoms with van der Waals surface area (Å²) in [5, 5.41) is 22.1. The fraction of sp³-hybridized carbons (Fsp3) is 0.333. The van der Waals surface area contributed by atoms with Crippen LogP contribution in [0.15, 0.2) is 42.5 Å². The van der Waals surface area contributed by atoms with Gasteiger partial charge in [-0.1, -0.05) is 18.2 Å². The Bertz CT molecular complexity index is 624. The van der Waals surface area contributed by atoms with Crippen LogP contribution < -0.4 is 5.32 Å². The van der Waals surface area contributed by atoms with Crippen LogP contribution in [0.2, 0.25) is 0 Å². The van der Waals surface area contributed by atoms with Gasteiger partial charge in [0.15, 0.2) is 0 Å². The molecule has 3 nitrogen and oxygen atoms in total. The third-order valence-corrected chi connectivity index (χ3v) is 4.10. The van der Waals surface area contributed by atoms with Crippen LogP contribution in [-0.2, 0) is 12.8 Å². The van der Waals surface area contributed by atoms with E-state index in [4.69, 9.17) is 5.11 Å². The number of anilines is 1. The predicted octanol–water partition coefficient (Wildman–Crippen LogP) is 3.42. The Labute approximate surface area is 125 Å². The second-order valence-corrected chi connectivity index (χ2v) is 5.65. The van der Waals surface area contributed by atoms with Crippen molar-refractivity contribution in [3.05, 3.63) is 59.2 Å². The highest BCUT2D eigenvalue weighted by molar-refractivity contribution is 5.51. The summed E-state index contributed by atoms with van der Waals surface area (Å²) in [6, 6.07) is 14.4. The zero-order valence-corrected chi connectivity index (χ0v) is 12.0. The normalized spacial score (nSPS) is 16.7. The van der Waals surface area contributed by atoms with E-state index in [2.05, 4.69) is 29.6 Å². The molecule has 3 heteroatoms. The van der Waals surface area contributed by atoms with E-state index in [1.807, 2.05) is 12.1 Å². The first-order valence-corrected chi connectivity index (χ1v) is 7.54. The van der Waals surface area contributed by atoms with E-state index in [1.54, 1.807) is 6.07 Å². The lowest BCUT2D eigenvalue weighted by Crippen LogP contribution is -2.07. The Balaban J connectivity index is 1.73. The Hall–Kier alpha value is -2.00. The van der Waals surface area contributed by atoms with Crippen LogP contribution in [0, 0.1) is 0 Å². The minimum atomic E-state index is 0.233. The first kappa shape index (κ1) is 14.0. The second-order valence-electron chi connectivity index (χ2n) is 5.65. The van der Waals surface area contributed by atoms with Gasteiger partial charge in [0.2, 0.25) is 0 Å². The summed E-state index contributed by atoms with van der Waals surface area (Å²) in [5.74, 6) is 0.348. The van der Waals surface area contributed by atoms with Crippen molar-refractivity contribution in [1.82, 2.24) is 0 Å². The fourth-order valence-corrected chi connectivity index (χ4v) is 3.05. The van der Waals surface area contributed by atoms with Gasteiger partial charge >= 0.3 is 0 Å². The van der Waals surface area contributed by atoms with Crippen LogP contribution in [0.25, 0.3) is 0 Å². The zero-order chi connectivity index (χ0) is 14.7. The molecular formula is C18H21NO2. The van der Waals surface area contributed by atoms with Crippen LogP contribution in [0.1, 0.15) is 35.6 Å². The minimum absolute atomic E-state index is 0.233. The molecule has 1 unspecified atom stereocenters. The maximum absolute atomic E-state index is 9.55. The molecule has 0 spiro atoms. The van der Waals surface area contributed by atoms with Crippen LogP contribution in [0.3, 0.4) is 0 Å². The molecule has 3 N–H and O–H groups in total. The molecule has 1 aliphatic carbocycles. The summed E-state index contributed by atoms with van der Waals surface area (Å²) >= 11 is 0. The van der Waals surface area contributed by atoms with Crippen molar-refractivity contribution >= 4 is 5.69 Å². The number of phenolic OH excluding ortho intramolecular Hbond substituents is 1. The lowest BCUT2D eigenvalue weighted by Gasteiger charge is -2.16. The van der Waals surface area contributed by atoms with Gasteiger partial charge in [0, 0.05) is 12.3 Å². The number of hydrogen-bond acceptors (Lipinski definition) is 3. The van der Waals surface area contributed by atoms with Gasteiger partial charge in [-0.05, 0) is 66.6 Å². The summed E-state index contributed by atoms with van der Waals surface area (Å²) < 4.78 is 0. The summed E-state index contributed by atoms with van der Waals surface area (Å²) in [6.45, 7) is 0.233. The molecule has 0 fully saturated rings. The second kappa shape index (κ2) is 6.19. The van der Waals surface area contributed by atoms with Gasteiger partial charge in [-0.15, -0.1) is 0 Å². The molecule has 2 aromatic carbocycles. The third kappa shape index (κ3) is 3.19. The van der Waals surface area contributed by atoms with Crippen molar-refractivity contribution in [2.45, 2.75) is 31.7 Å². The highest BCUT2D eigenvalue weighted by Gasteiger charge is 2.22. The minimum Gasteiger partial charge on any atom is -0.508 e. The molecule has 0 saturated carbocycles. The fourth-order valence-electron chi connectivity index (χ4n) is 3.05. The van der Waals surface area contributed by atoms with Gasteiger partial charge in [0.1, 0.15) is 5.75 Å². The molecule has 1 aliphatic rings. The van der Waals surface area contributed by atoms with E-state index in [0.29, 0.717) is 11.8 Å². The van der Waals surface area contributed by atoms with Gasteiger partial charge < -0.3 is 15.5 Å². The molecule has 1 atom stereocenters. The molecule has 0 saturated heterocycles. The number of hydrogen-bond donors (Lipinski definition) is 3. The van der Waals surface area contributed by atoms with Crippen LogP contribution in [-0.4, -0.2) is 16.8 Å². The van der Waals surface area contributed by atoms with Gasteiger partial charge in [-0.2, -0.15) is 0 Å². The van der Waals surface area contributed by atoms with Crippen molar-refractivity contribution in [3.8, 4) is 5.75 Å². The molecule has 0 radical (unpaired) electrons. The first-order chi connectivity index (χ1) is 10.3. The Morgan fingerprint density at radius 3 is 2.90 bits per heavy atom. The van der Waals surface area contributed by atoms with Crippen molar-refractivity contribution in [3.63, 3.8) is 0 Å². The third-order valence-electron chi connectivity index (χ3n) is 4.10. The molecule has 110 valence electrons. The van der Waals surface area contributed by atoms with Crippen molar-refractivity contribution in [2.24, 2.45) is 0 Å². The van der Waals surface area contributed by atoms with Gasteiger partial charge in [0.25, 0.3) is 0 Å². The Morgan fingerprint density at radius 1 is 1.14 bits per heavy atom. The molecule has 0 bridgehead atoms. The number of benzene rings is 2. The summed E-state index contributed by atoms with van der Waals surface area (Å²) in [4.78, 5) is 0. The van der Waals surface area contributed by atoms with E-state index in [0.717, 1.165) is 31.4 Å². The monoisotopic (exact) mass is 283 g/mol. The van der Waals surface area contributed by atoms with E-state index < -0.39 is 0 Å². The molecule has 0 heterocycles. The number of aromatic hydroxyl groups is 1. The van der Waals surface area contributed by atoms with E-state index >= 15 is 0 Å². The van der Waals surface area contributed by atoms with Crippen molar-refractivity contribution < 1.29 is 10.2 Å². The summed E-state index contributed by atoms with van der Waals surface area (Å²) in [5.41, 5.74) is 4.90. The number of rotatable bonds is 5. The number of aryl methyl sites for hydroxylation is 2. The highest BCUT2D eigenvalue weighted by Crippen LogP contribution is 2.35. The van der Waals surface area contributed by atoms with Crippen LogP contribution >= 0.6 is 0 Å². The molecule has 21 heavy (non-hydrogen) atoms. The Kier molecular flexibility index (Phi) is 4.11. The molecule has 0 aromatic heterocycles. The number of aliphatic hydroxyl groups excluding tert-OH is 1. The topological polar surface area (TPSA) is 52.5 Å². The first-order valence-electron chi connectivity index (χ1n) is 7.54. The predicted molar refractivity (Wildman–Crippen MR) is 84.6 cm³/mol. The average molecular weight is 283 g/mol. The molecule has 0 amide bonds. The van der Waals surface area contributed by atoms with Crippen molar-refractivity contribution in [1.29, 1.82) is 0 Å². The quantitative estimate of drug-likeness (QED) is 0.788. The van der Waals surface area contributed by atoms with Crippen LogP contribution in [0.4, 0.5) is 5.69 Å². The molecule has 3 rings (SSSR count). The molecule has 0 aliphatic heterocycles. The molecule has 2 aromatic rings. The maximum atomic E-state index is 9.55. The van der Waals surface area contributed by atoms with Gasteiger partial charge in [-0.25, -0.2) is 0 Å². The zero-order valence-electron chi connectivity index (χ0n) is 12.0. The largest absolute Gasteiger partial charge is 0.508 e.